The summed E-state index contributed by atoms with van der Waals surface area (Å²) in [5.41, 5.74) is 3.11. The molecular weight excluding hydrogens is 330 g/mol. The Hall–Kier alpha value is -0.870. The van der Waals surface area contributed by atoms with Crippen molar-refractivity contribution in [2.75, 3.05) is 6.54 Å². The van der Waals surface area contributed by atoms with Crippen molar-refractivity contribution in [3.05, 3.63) is 29.8 Å². The standard InChI is InChI=1S/C17H25NO2.BrH/c1-13-17(2,3)14-9-6-7-10-15(14)18(13)12-8-4-5-11-16(19)20;/h6-7,9-10,13H,4-5,8,11-12H2,1-3H3,(H,19,20);1H. The Balaban J connectivity index is 0.00000220. The lowest BCUT2D eigenvalue weighted by Crippen LogP contribution is -3.10. The van der Waals surface area contributed by atoms with Gasteiger partial charge < -0.3 is 22.1 Å². The van der Waals surface area contributed by atoms with Crippen LogP contribution in [0.1, 0.15) is 52.0 Å². The Morgan fingerprint density at radius 1 is 1.24 bits per heavy atom. The number of aliphatic carboxylic acids is 1. The third kappa shape index (κ3) is 3.86. The van der Waals surface area contributed by atoms with Gasteiger partial charge in [-0.3, -0.25) is 9.69 Å². The molecule has 118 valence electrons. The molecule has 21 heavy (non-hydrogen) atoms. The van der Waals surface area contributed by atoms with E-state index in [9.17, 15) is 4.79 Å². The molecule has 1 aliphatic heterocycles. The summed E-state index contributed by atoms with van der Waals surface area (Å²) < 4.78 is 0. The highest BCUT2D eigenvalue weighted by molar-refractivity contribution is 5.66. The van der Waals surface area contributed by atoms with Gasteiger partial charge in [0.15, 0.2) is 0 Å². The Bertz CT molecular complexity index is 487. The molecule has 0 aliphatic carbocycles. The predicted molar refractivity (Wildman–Crippen MR) is 80.5 cm³/mol. The van der Waals surface area contributed by atoms with Gasteiger partial charge in [-0.15, -0.1) is 0 Å². The molecule has 2 rings (SSSR count). The van der Waals surface area contributed by atoms with Gasteiger partial charge in [-0.25, -0.2) is 0 Å². The molecule has 0 aromatic heterocycles. The Morgan fingerprint density at radius 2 is 1.90 bits per heavy atom. The van der Waals surface area contributed by atoms with Gasteiger partial charge in [-0.05, 0) is 46.1 Å². The molecule has 1 aromatic rings. The van der Waals surface area contributed by atoms with E-state index in [1.165, 1.54) is 11.3 Å². The zero-order valence-electron chi connectivity index (χ0n) is 13.2. The van der Waals surface area contributed by atoms with Crippen LogP contribution in [-0.4, -0.2) is 23.7 Å². The van der Waals surface area contributed by atoms with Gasteiger partial charge in [0.2, 0.25) is 0 Å². The number of carbonyl (C=O) groups is 1. The normalized spacial score (nSPS) is 22.4. The lowest BCUT2D eigenvalue weighted by molar-refractivity contribution is -0.856. The number of fused-ring (bicyclic) bond motifs is 1. The minimum Gasteiger partial charge on any atom is -1.00 e. The van der Waals surface area contributed by atoms with Crippen molar-refractivity contribution in [3.8, 4) is 0 Å². The number of unbranched alkanes of at least 4 members (excludes halogenated alkanes) is 2. The highest BCUT2D eigenvalue weighted by atomic mass is 79.9. The maximum absolute atomic E-state index is 10.5. The second-order valence-electron chi connectivity index (χ2n) is 6.47. The van der Waals surface area contributed by atoms with Crippen molar-refractivity contribution in [2.45, 2.75) is 57.9 Å². The Kier molecular flexibility index (Phi) is 6.41. The monoisotopic (exact) mass is 355 g/mol. The molecule has 0 bridgehead atoms. The molecule has 0 radical (unpaired) electrons. The molecule has 0 saturated carbocycles. The number of nitrogens with one attached hydrogen (secondary N) is 1. The van der Waals surface area contributed by atoms with Gasteiger partial charge >= 0.3 is 5.97 Å². The molecule has 0 fully saturated rings. The fourth-order valence-electron chi connectivity index (χ4n) is 3.35. The fourth-order valence-corrected chi connectivity index (χ4v) is 3.35. The SMILES string of the molecule is CC1[NH+](CCCCCC(=O)O)c2ccccc2C1(C)C.[Br-]. The van der Waals surface area contributed by atoms with Gasteiger partial charge in [0.05, 0.1) is 12.6 Å². The number of benzene rings is 1. The molecule has 0 saturated heterocycles. The van der Waals surface area contributed by atoms with E-state index < -0.39 is 5.97 Å². The van der Waals surface area contributed by atoms with Crippen molar-refractivity contribution in [1.29, 1.82) is 0 Å². The Morgan fingerprint density at radius 3 is 2.57 bits per heavy atom. The summed E-state index contributed by atoms with van der Waals surface area (Å²) in [6.07, 6.45) is 3.19. The van der Waals surface area contributed by atoms with Crippen LogP contribution < -0.4 is 21.9 Å². The molecule has 2 atom stereocenters. The fraction of sp³-hybridized carbons (Fsp3) is 0.588. The number of halogens is 1. The number of hydrogen-bond donors (Lipinski definition) is 2. The molecule has 2 N–H and O–H groups in total. The summed E-state index contributed by atoms with van der Waals surface area (Å²) in [7, 11) is 0. The summed E-state index contributed by atoms with van der Waals surface area (Å²) in [4.78, 5) is 12.1. The number of quaternary nitrogens is 1. The molecule has 0 amide bonds. The number of rotatable bonds is 6. The van der Waals surface area contributed by atoms with Crippen molar-refractivity contribution in [3.63, 3.8) is 0 Å². The molecule has 1 heterocycles. The van der Waals surface area contributed by atoms with Gasteiger partial charge in [-0.2, -0.15) is 0 Å². The number of carboxylic acid groups (broad SMARTS) is 1. The van der Waals surface area contributed by atoms with E-state index in [1.807, 2.05) is 0 Å². The summed E-state index contributed by atoms with van der Waals surface area (Å²) >= 11 is 0. The first kappa shape index (κ1) is 18.2. The summed E-state index contributed by atoms with van der Waals surface area (Å²) in [6, 6.07) is 9.32. The summed E-state index contributed by atoms with van der Waals surface area (Å²) in [5.74, 6) is -0.682. The maximum Gasteiger partial charge on any atom is 0.303 e. The van der Waals surface area contributed by atoms with Crippen LogP contribution in [0.3, 0.4) is 0 Å². The van der Waals surface area contributed by atoms with Crippen LogP contribution >= 0.6 is 0 Å². The van der Waals surface area contributed by atoms with Gasteiger partial charge in [0.25, 0.3) is 0 Å². The lowest BCUT2D eigenvalue weighted by Gasteiger charge is -2.26. The zero-order chi connectivity index (χ0) is 14.8. The average Bonchev–Trinajstić information content (AvgIpc) is 2.59. The first-order valence-electron chi connectivity index (χ1n) is 7.62. The van der Waals surface area contributed by atoms with Crippen molar-refractivity contribution < 1.29 is 31.8 Å². The van der Waals surface area contributed by atoms with Crippen molar-refractivity contribution in [2.24, 2.45) is 0 Å². The molecule has 2 unspecified atom stereocenters. The van der Waals surface area contributed by atoms with Gasteiger partial charge in [0, 0.05) is 17.4 Å². The molecular formula is C17H26BrNO2. The van der Waals surface area contributed by atoms with Crippen LogP contribution in [0.25, 0.3) is 0 Å². The van der Waals surface area contributed by atoms with Crippen LogP contribution in [0.4, 0.5) is 5.69 Å². The number of carboxylic acids is 1. The van der Waals surface area contributed by atoms with Gasteiger partial charge in [-0.1, -0.05) is 18.2 Å². The zero-order valence-corrected chi connectivity index (χ0v) is 14.7. The van der Waals surface area contributed by atoms with Crippen LogP contribution in [0.15, 0.2) is 24.3 Å². The first-order valence-corrected chi connectivity index (χ1v) is 7.62. The third-order valence-electron chi connectivity index (χ3n) is 4.91. The summed E-state index contributed by atoms with van der Waals surface area (Å²) in [6.45, 7) is 8.08. The van der Waals surface area contributed by atoms with Crippen molar-refractivity contribution in [1.82, 2.24) is 0 Å². The topological polar surface area (TPSA) is 41.7 Å². The van der Waals surface area contributed by atoms with E-state index in [2.05, 4.69) is 45.0 Å². The minimum absolute atomic E-state index is 0. The smallest absolute Gasteiger partial charge is 0.303 e. The van der Waals surface area contributed by atoms with Crippen LogP contribution in [-0.2, 0) is 10.2 Å². The van der Waals surface area contributed by atoms with E-state index >= 15 is 0 Å². The molecule has 3 nitrogen and oxygen atoms in total. The lowest BCUT2D eigenvalue weighted by atomic mass is 9.81. The predicted octanol–water partition coefficient (Wildman–Crippen LogP) is -0.468. The van der Waals surface area contributed by atoms with Crippen LogP contribution in [0.5, 0.6) is 0 Å². The van der Waals surface area contributed by atoms with E-state index in [0.717, 1.165) is 25.8 Å². The third-order valence-corrected chi connectivity index (χ3v) is 4.91. The molecule has 0 spiro atoms. The second kappa shape index (κ2) is 7.41. The first-order chi connectivity index (χ1) is 9.44. The van der Waals surface area contributed by atoms with E-state index in [0.29, 0.717) is 12.5 Å². The maximum atomic E-state index is 10.5. The van der Waals surface area contributed by atoms with E-state index in [-0.39, 0.29) is 22.4 Å². The van der Waals surface area contributed by atoms with Crippen LogP contribution in [0.2, 0.25) is 0 Å². The van der Waals surface area contributed by atoms with Crippen molar-refractivity contribution >= 4 is 11.7 Å². The van der Waals surface area contributed by atoms with E-state index in [1.54, 1.807) is 4.90 Å². The highest BCUT2D eigenvalue weighted by Gasteiger charge is 2.45. The largest absolute Gasteiger partial charge is 1.00 e. The van der Waals surface area contributed by atoms with Gasteiger partial charge in [0.1, 0.15) is 5.69 Å². The number of hydrogen-bond acceptors (Lipinski definition) is 1. The highest BCUT2D eigenvalue weighted by Crippen LogP contribution is 2.35. The molecule has 4 heteroatoms. The molecule has 1 aromatic carbocycles. The Labute approximate surface area is 138 Å². The second-order valence-corrected chi connectivity index (χ2v) is 6.47. The minimum atomic E-state index is -0.682. The number of para-hydroxylation sites is 1. The van der Waals surface area contributed by atoms with Crippen LogP contribution in [0, 0.1) is 0 Å². The quantitative estimate of drug-likeness (QED) is 0.677. The molecule has 1 aliphatic rings. The van der Waals surface area contributed by atoms with E-state index in [4.69, 9.17) is 5.11 Å². The summed E-state index contributed by atoms with van der Waals surface area (Å²) in [5, 5.41) is 8.66. The average molecular weight is 356 g/mol.